The molecule has 0 unspecified atom stereocenters. The molecule has 0 fully saturated rings. The average molecular weight is 248 g/mol. The van der Waals surface area contributed by atoms with Crippen LogP contribution in [0, 0.1) is 5.82 Å². The lowest BCUT2D eigenvalue weighted by Gasteiger charge is -2.06. The topological polar surface area (TPSA) is 68.1 Å². The summed E-state index contributed by atoms with van der Waals surface area (Å²) in [6, 6.07) is 7.32. The Bertz CT molecular complexity index is 578. The second-order valence-electron chi connectivity index (χ2n) is 3.81. The Morgan fingerprint density at radius 1 is 1.28 bits per heavy atom. The maximum absolute atomic E-state index is 12.7. The average Bonchev–Trinajstić information content (AvgIpc) is 2.39. The second-order valence-corrected chi connectivity index (χ2v) is 3.81. The van der Waals surface area contributed by atoms with Crippen LogP contribution < -0.4 is 15.9 Å². The Balaban J connectivity index is 2.06. The summed E-state index contributed by atoms with van der Waals surface area (Å²) in [7, 11) is 0. The smallest absolute Gasteiger partial charge is 0.223 e. The third kappa shape index (κ3) is 2.95. The number of H-pyrrole nitrogens is 1. The van der Waals surface area contributed by atoms with Gasteiger partial charge in [0.05, 0.1) is 0 Å². The highest BCUT2D eigenvalue weighted by atomic mass is 19.1. The Hall–Kier alpha value is -2.14. The largest absolute Gasteiger partial charge is 0.483 e. The van der Waals surface area contributed by atoms with Crippen LogP contribution in [0.4, 0.5) is 4.39 Å². The number of hydrogen-bond acceptors (Lipinski definition) is 3. The van der Waals surface area contributed by atoms with Gasteiger partial charge in [-0.15, -0.1) is 0 Å². The van der Waals surface area contributed by atoms with Gasteiger partial charge in [0, 0.05) is 24.5 Å². The Kier molecular flexibility index (Phi) is 3.74. The number of hydrogen-bond donors (Lipinski definition) is 2. The quantitative estimate of drug-likeness (QED) is 0.862. The minimum absolute atomic E-state index is 0.214. The molecule has 0 saturated heterocycles. The molecule has 2 aromatic rings. The molecule has 0 saturated carbocycles. The van der Waals surface area contributed by atoms with Crippen molar-refractivity contribution in [2.75, 3.05) is 0 Å². The third-order valence-corrected chi connectivity index (χ3v) is 2.46. The molecule has 0 atom stereocenters. The minimum Gasteiger partial charge on any atom is -0.483 e. The molecule has 1 heterocycles. The van der Waals surface area contributed by atoms with Crippen molar-refractivity contribution >= 4 is 0 Å². The zero-order chi connectivity index (χ0) is 13.0. The fraction of sp³-hybridized carbons (Fsp3) is 0.154. The number of aromatic amines is 1. The number of nitrogens with one attached hydrogen (secondary N) is 1. The van der Waals surface area contributed by atoms with Crippen molar-refractivity contribution in [2.24, 2.45) is 5.73 Å². The van der Waals surface area contributed by atoms with E-state index in [1.165, 1.54) is 24.4 Å². The van der Waals surface area contributed by atoms with E-state index in [0.717, 1.165) is 5.56 Å². The first kappa shape index (κ1) is 12.3. The summed E-state index contributed by atoms with van der Waals surface area (Å²) in [6.07, 6.45) is 1.48. The molecule has 1 aromatic carbocycles. The van der Waals surface area contributed by atoms with Gasteiger partial charge >= 0.3 is 0 Å². The van der Waals surface area contributed by atoms with Crippen LogP contribution in [0.2, 0.25) is 0 Å². The maximum atomic E-state index is 12.7. The van der Waals surface area contributed by atoms with Crippen molar-refractivity contribution in [3.63, 3.8) is 0 Å². The van der Waals surface area contributed by atoms with Gasteiger partial charge in [-0.25, -0.2) is 4.39 Å². The normalized spacial score (nSPS) is 10.3. The fourth-order valence-corrected chi connectivity index (χ4v) is 1.47. The first-order chi connectivity index (χ1) is 8.69. The van der Waals surface area contributed by atoms with Crippen LogP contribution in [-0.4, -0.2) is 4.98 Å². The zero-order valence-corrected chi connectivity index (χ0v) is 9.65. The summed E-state index contributed by atoms with van der Waals surface area (Å²) in [5.41, 5.74) is 6.61. The lowest BCUT2D eigenvalue weighted by atomic mass is 10.2. The summed E-state index contributed by atoms with van der Waals surface area (Å²) in [5.74, 6) is -0.0829. The van der Waals surface area contributed by atoms with Gasteiger partial charge < -0.3 is 15.5 Å². The van der Waals surface area contributed by atoms with Crippen molar-refractivity contribution in [1.82, 2.24) is 4.98 Å². The molecular formula is C13H13FN2O2. The van der Waals surface area contributed by atoms with Crippen LogP contribution in [-0.2, 0) is 13.2 Å². The molecule has 0 amide bonds. The monoisotopic (exact) mass is 248 g/mol. The zero-order valence-electron chi connectivity index (χ0n) is 9.65. The van der Waals surface area contributed by atoms with Crippen LogP contribution in [0.1, 0.15) is 11.3 Å². The van der Waals surface area contributed by atoms with E-state index in [1.54, 1.807) is 12.1 Å². The van der Waals surface area contributed by atoms with Gasteiger partial charge in [-0.3, -0.25) is 4.79 Å². The first-order valence-electron chi connectivity index (χ1n) is 5.48. The van der Waals surface area contributed by atoms with Crippen LogP contribution in [0.15, 0.2) is 41.3 Å². The number of pyridine rings is 1. The van der Waals surface area contributed by atoms with Gasteiger partial charge in [0.1, 0.15) is 12.4 Å². The molecule has 4 nitrogen and oxygen atoms in total. The Morgan fingerprint density at radius 3 is 2.61 bits per heavy atom. The summed E-state index contributed by atoms with van der Waals surface area (Å²) in [6.45, 7) is 0.485. The number of rotatable bonds is 4. The van der Waals surface area contributed by atoms with E-state index in [2.05, 4.69) is 4.98 Å². The summed E-state index contributed by atoms with van der Waals surface area (Å²) in [4.78, 5) is 14.5. The van der Waals surface area contributed by atoms with E-state index in [9.17, 15) is 9.18 Å². The molecule has 3 N–H and O–H groups in total. The molecule has 0 aliphatic rings. The van der Waals surface area contributed by atoms with E-state index < -0.39 is 0 Å². The van der Waals surface area contributed by atoms with Crippen molar-refractivity contribution < 1.29 is 9.13 Å². The number of ether oxygens (including phenoxy) is 1. The summed E-state index contributed by atoms with van der Waals surface area (Å²) < 4.78 is 18.0. The highest BCUT2D eigenvalue weighted by Gasteiger charge is 2.02. The highest BCUT2D eigenvalue weighted by Crippen LogP contribution is 2.08. The number of aromatic nitrogens is 1. The summed E-state index contributed by atoms with van der Waals surface area (Å²) in [5, 5.41) is 0. The van der Waals surface area contributed by atoms with Gasteiger partial charge in [-0.1, -0.05) is 12.1 Å². The molecule has 0 radical (unpaired) electrons. The van der Waals surface area contributed by atoms with Gasteiger partial charge in [0.25, 0.3) is 0 Å². The Morgan fingerprint density at radius 2 is 2.00 bits per heavy atom. The molecule has 1 aromatic heterocycles. The molecule has 2 rings (SSSR count). The van der Waals surface area contributed by atoms with E-state index in [4.69, 9.17) is 10.5 Å². The van der Waals surface area contributed by atoms with E-state index in [1.807, 2.05) is 0 Å². The second kappa shape index (κ2) is 5.46. The molecule has 0 spiro atoms. The standard InChI is InChI=1S/C13H13FN2O2/c14-10-3-1-9(2-4-10)8-18-13-7-16-11(6-15)5-12(13)17/h1-5,7H,6,8,15H2,(H,16,17). The predicted octanol–water partition coefficient (Wildman–Crippen LogP) is 1.55. The Labute approximate surface area is 103 Å². The lowest BCUT2D eigenvalue weighted by Crippen LogP contribution is -2.11. The lowest BCUT2D eigenvalue weighted by molar-refractivity contribution is 0.301. The predicted molar refractivity (Wildman–Crippen MR) is 65.7 cm³/mol. The summed E-state index contributed by atoms with van der Waals surface area (Å²) >= 11 is 0. The molecule has 0 aliphatic carbocycles. The van der Waals surface area contributed by atoms with Crippen LogP contribution in [0.3, 0.4) is 0 Å². The molecule has 94 valence electrons. The van der Waals surface area contributed by atoms with E-state index >= 15 is 0 Å². The molecule has 0 bridgehead atoms. The van der Waals surface area contributed by atoms with Gasteiger partial charge in [-0.2, -0.15) is 0 Å². The SMILES string of the molecule is NCc1cc(=O)c(OCc2ccc(F)cc2)c[nH]1. The number of benzene rings is 1. The number of nitrogens with two attached hydrogens (primary N) is 1. The van der Waals surface area contributed by atoms with Gasteiger partial charge in [-0.05, 0) is 17.7 Å². The van der Waals surface area contributed by atoms with Gasteiger partial charge in [0.15, 0.2) is 5.75 Å². The molecule has 18 heavy (non-hydrogen) atoms. The highest BCUT2D eigenvalue weighted by molar-refractivity contribution is 5.22. The van der Waals surface area contributed by atoms with E-state index in [0.29, 0.717) is 5.69 Å². The maximum Gasteiger partial charge on any atom is 0.223 e. The molecule has 5 heteroatoms. The fourth-order valence-electron chi connectivity index (χ4n) is 1.47. The van der Waals surface area contributed by atoms with Crippen LogP contribution >= 0.6 is 0 Å². The van der Waals surface area contributed by atoms with E-state index in [-0.39, 0.29) is 30.1 Å². The molecular weight excluding hydrogens is 235 g/mol. The van der Waals surface area contributed by atoms with Crippen molar-refractivity contribution in [1.29, 1.82) is 0 Å². The third-order valence-electron chi connectivity index (χ3n) is 2.46. The first-order valence-corrected chi connectivity index (χ1v) is 5.48. The van der Waals surface area contributed by atoms with Crippen LogP contribution in [0.5, 0.6) is 5.75 Å². The number of halogens is 1. The van der Waals surface area contributed by atoms with Gasteiger partial charge in [0.2, 0.25) is 5.43 Å². The molecule has 0 aliphatic heterocycles. The van der Waals surface area contributed by atoms with Crippen LogP contribution in [0.25, 0.3) is 0 Å². The van der Waals surface area contributed by atoms with Crippen molar-refractivity contribution in [3.05, 3.63) is 63.8 Å². The van der Waals surface area contributed by atoms with Crippen molar-refractivity contribution in [3.8, 4) is 5.75 Å². The minimum atomic E-state index is -0.302. The van der Waals surface area contributed by atoms with Crippen molar-refractivity contribution in [2.45, 2.75) is 13.2 Å².